The molecule has 0 aliphatic heterocycles. The van der Waals surface area contributed by atoms with E-state index < -0.39 is 12.8 Å². The maximum atomic E-state index is 12.1. The Labute approximate surface area is 218 Å². The first-order valence-corrected chi connectivity index (χ1v) is 11.5. The first kappa shape index (κ1) is 31.7. The summed E-state index contributed by atoms with van der Waals surface area (Å²) in [5.41, 5.74) is 9.28. The van der Waals surface area contributed by atoms with Crippen LogP contribution in [-0.2, 0) is 9.53 Å². The molecular weight excluding hydrogens is 489 g/mol. The smallest absolute Gasteiger partial charge is 0.422 e. The minimum atomic E-state index is -4.43. The number of nitrogens with zero attached hydrogens (tertiary/aromatic N) is 2. The average molecular weight is 528 g/mol. The van der Waals surface area contributed by atoms with Gasteiger partial charge in [0.2, 0.25) is 5.88 Å². The molecule has 0 amide bonds. The van der Waals surface area contributed by atoms with Crippen molar-refractivity contribution in [2.75, 3.05) is 32.2 Å². The van der Waals surface area contributed by atoms with E-state index in [1.165, 1.54) is 12.1 Å². The summed E-state index contributed by atoms with van der Waals surface area (Å²) in [5, 5.41) is 3.27. The van der Waals surface area contributed by atoms with Gasteiger partial charge in [-0.1, -0.05) is 19.4 Å². The number of carbonyl (C=O) groups excluding carboxylic acids is 2. The molecule has 0 bridgehead atoms. The van der Waals surface area contributed by atoms with Gasteiger partial charge in [0, 0.05) is 53.4 Å². The third kappa shape index (κ3) is 12.0. The van der Waals surface area contributed by atoms with Crippen molar-refractivity contribution in [2.24, 2.45) is 11.7 Å². The second kappa shape index (κ2) is 15.7. The summed E-state index contributed by atoms with van der Waals surface area (Å²) in [4.78, 5) is 27.2. The molecule has 0 fully saturated rings. The number of pyridine rings is 2. The largest absolute Gasteiger partial charge is 0.468 e. The molecule has 0 saturated heterocycles. The van der Waals surface area contributed by atoms with E-state index in [-0.39, 0.29) is 14.8 Å². The molecule has 2 aromatic heterocycles. The van der Waals surface area contributed by atoms with Crippen LogP contribution < -0.4 is 15.8 Å². The normalized spacial score (nSPS) is 13.1. The zero-order valence-corrected chi connectivity index (χ0v) is 21.5. The Morgan fingerprint density at radius 2 is 1.92 bits per heavy atom. The van der Waals surface area contributed by atoms with Gasteiger partial charge in [-0.2, -0.15) is 13.2 Å². The molecular formula is C26H38F3N4O4. The van der Waals surface area contributed by atoms with E-state index in [0.29, 0.717) is 36.5 Å². The lowest BCUT2D eigenvalue weighted by Gasteiger charge is -2.10. The Bertz CT molecular complexity index is 1040. The summed E-state index contributed by atoms with van der Waals surface area (Å²) >= 11 is 0. The lowest BCUT2D eigenvalue weighted by atomic mass is 10.1. The number of methoxy groups -OCH3 is 1. The highest BCUT2D eigenvalue weighted by Crippen LogP contribution is 2.41. The number of aldehydes is 1. The van der Waals surface area contributed by atoms with Crippen molar-refractivity contribution in [3.8, 4) is 5.88 Å². The standard InChI is InChI=1S/C14H13F3NO3.C11H19N3.CH2O.2H2/c1-20-5-4-9-6-11(9)13-10(7-19)2-3-12(18-13)21-8-14(15,16)17;1-8(2)7-14-11-6-10(9(3)12)4-5-13-11;1-2;;/h2-3,6-7H,4-5,8H2,1H3;4-6,8-9H,7,12H2,1-3H3,(H,13,14);1H2;2*1H. The van der Waals surface area contributed by atoms with Gasteiger partial charge in [0.15, 0.2) is 12.9 Å². The summed E-state index contributed by atoms with van der Waals surface area (Å²) in [6, 6.07) is 6.67. The molecule has 37 heavy (non-hydrogen) atoms. The average Bonchev–Trinajstić information content (AvgIpc) is 3.65. The molecule has 11 heteroatoms. The predicted molar refractivity (Wildman–Crippen MR) is 140 cm³/mol. The number of halogens is 3. The second-order valence-electron chi connectivity index (χ2n) is 8.47. The van der Waals surface area contributed by atoms with E-state index in [4.69, 9.17) is 15.3 Å². The highest BCUT2D eigenvalue weighted by Gasteiger charge is 2.30. The van der Waals surface area contributed by atoms with Crippen LogP contribution in [0.1, 0.15) is 57.7 Å². The molecule has 3 rings (SSSR count). The lowest BCUT2D eigenvalue weighted by Crippen LogP contribution is -2.19. The Balaban J connectivity index is 0. The van der Waals surface area contributed by atoms with Crippen molar-refractivity contribution in [1.82, 2.24) is 9.97 Å². The van der Waals surface area contributed by atoms with Crippen molar-refractivity contribution in [1.29, 1.82) is 0 Å². The van der Waals surface area contributed by atoms with Gasteiger partial charge in [0.25, 0.3) is 0 Å². The van der Waals surface area contributed by atoms with Crippen molar-refractivity contribution in [3.63, 3.8) is 0 Å². The maximum absolute atomic E-state index is 12.1. The van der Waals surface area contributed by atoms with Crippen LogP contribution >= 0.6 is 0 Å². The number of hydrogen-bond donors (Lipinski definition) is 2. The van der Waals surface area contributed by atoms with Crippen LogP contribution in [-0.4, -0.2) is 56.1 Å². The van der Waals surface area contributed by atoms with Crippen LogP contribution in [0.4, 0.5) is 19.0 Å². The first-order valence-electron chi connectivity index (χ1n) is 11.5. The summed E-state index contributed by atoms with van der Waals surface area (Å²) in [7, 11) is 1.57. The fourth-order valence-electron chi connectivity index (χ4n) is 2.91. The Hall–Kier alpha value is -3.31. The fraction of sp³-hybridized carbons (Fsp3) is 0.423. The zero-order chi connectivity index (χ0) is 28.0. The highest BCUT2D eigenvalue weighted by molar-refractivity contribution is 5.97. The SMILES string of the molecule is C=O.CC(C)CNc1cc(C(C)N)ccn1.COCCC1=C(c2nc(OCC(F)(F)F)ccc2C=O)[CH]1.[HH].[HH]. The quantitative estimate of drug-likeness (QED) is 0.377. The molecule has 1 radical (unpaired) electrons. The molecule has 1 aliphatic carbocycles. The van der Waals surface area contributed by atoms with Crippen molar-refractivity contribution >= 4 is 24.5 Å². The van der Waals surface area contributed by atoms with Crippen LogP contribution in [0.25, 0.3) is 5.57 Å². The monoisotopic (exact) mass is 527 g/mol. The van der Waals surface area contributed by atoms with Gasteiger partial charge in [0.1, 0.15) is 12.6 Å². The number of nitrogens with one attached hydrogen (secondary N) is 1. The number of ether oxygens (including phenoxy) is 2. The number of allylic oxidation sites excluding steroid dienone is 1. The van der Waals surface area contributed by atoms with Crippen molar-refractivity contribution in [3.05, 3.63) is 59.3 Å². The highest BCUT2D eigenvalue weighted by atomic mass is 19.4. The third-order valence-corrected chi connectivity index (χ3v) is 4.82. The first-order chi connectivity index (χ1) is 17.5. The van der Waals surface area contributed by atoms with E-state index in [2.05, 4.69) is 33.9 Å². The van der Waals surface area contributed by atoms with E-state index in [0.717, 1.165) is 29.1 Å². The number of rotatable bonds is 11. The van der Waals surface area contributed by atoms with Crippen LogP contribution in [0.3, 0.4) is 0 Å². The molecule has 2 heterocycles. The Morgan fingerprint density at radius 3 is 2.49 bits per heavy atom. The van der Waals surface area contributed by atoms with Crippen molar-refractivity contribution < 1.29 is 35.1 Å². The molecule has 2 aromatic rings. The Kier molecular flexibility index (Phi) is 13.5. The molecule has 207 valence electrons. The van der Waals surface area contributed by atoms with Gasteiger partial charge < -0.3 is 25.3 Å². The summed E-state index contributed by atoms with van der Waals surface area (Å²) in [6.07, 6.45) is 0.464. The summed E-state index contributed by atoms with van der Waals surface area (Å²) < 4.78 is 45.9. The van der Waals surface area contributed by atoms with Gasteiger partial charge in [-0.3, -0.25) is 4.79 Å². The number of aromatic nitrogens is 2. The maximum Gasteiger partial charge on any atom is 0.422 e. The zero-order valence-electron chi connectivity index (χ0n) is 21.5. The van der Waals surface area contributed by atoms with E-state index in [1.54, 1.807) is 13.3 Å². The number of anilines is 1. The summed E-state index contributed by atoms with van der Waals surface area (Å²) in [6.45, 7) is 8.36. The number of nitrogens with two attached hydrogens (primary N) is 1. The number of hydrogen-bond acceptors (Lipinski definition) is 8. The topological polar surface area (TPSA) is 116 Å². The van der Waals surface area contributed by atoms with Gasteiger partial charge in [-0.15, -0.1) is 0 Å². The number of carbonyl (C=O) groups is 2. The number of alkyl halides is 3. The van der Waals surface area contributed by atoms with Crippen LogP contribution in [0.5, 0.6) is 5.88 Å². The van der Waals surface area contributed by atoms with Gasteiger partial charge in [-0.25, -0.2) is 9.97 Å². The van der Waals surface area contributed by atoms with Crippen LogP contribution in [0, 0.1) is 12.3 Å². The van der Waals surface area contributed by atoms with Crippen LogP contribution in [0.15, 0.2) is 36.0 Å². The predicted octanol–water partition coefficient (Wildman–Crippen LogP) is 5.32. The summed E-state index contributed by atoms with van der Waals surface area (Å²) in [5.74, 6) is 1.37. The third-order valence-electron chi connectivity index (χ3n) is 4.82. The van der Waals surface area contributed by atoms with E-state index in [9.17, 15) is 18.0 Å². The Morgan fingerprint density at radius 1 is 1.22 bits per heavy atom. The van der Waals surface area contributed by atoms with Gasteiger partial charge >= 0.3 is 6.18 Å². The molecule has 0 spiro atoms. The minimum absolute atomic E-state index is 0. The lowest BCUT2D eigenvalue weighted by molar-refractivity contribution is -0.154. The fourth-order valence-corrected chi connectivity index (χ4v) is 2.91. The van der Waals surface area contributed by atoms with E-state index in [1.807, 2.05) is 32.3 Å². The van der Waals surface area contributed by atoms with E-state index >= 15 is 0 Å². The molecule has 0 saturated carbocycles. The molecule has 1 atom stereocenters. The molecule has 8 nitrogen and oxygen atoms in total. The molecule has 1 aliphatic rings. The second-order valence-corrected chi connectivity index (χ2v) is 8.47. The minimum Gasteiger partial charge on any atom is -0.468 e. The van der Waals surface area contributed by atoms with Gasteiger partial charge in [0.05, 0.1) is 5.69 Å². The molecule has 0 aromatic carbocycles. The van der Waals surface area contributed by atoms with Crippen LogP contribution in [0.2, 0.25) is 0 Å². The van der Waals surface area contributed by atoms with Gasteiger partial charge in [-0.05, 0) is 48.6 Å². The molecule has 1 unspecified atom stereocenters. The van der Waals surface area contributed by atoms with Crippen molar-refractivity contribution in [2.45, 2.75) is 39.4 Å². The molecule has 3 N–H and O–H groups in total.